The number of likely N-dealkylation sites (N-methyl/N-ethyl adjacent to an activating group) is 1. The van der Waals surface area contributed by atoms with Gasteiger partial charge >= 0.3 is 0 Å². The van der Waals surface area contributed by atoms with E-state index in [2.05, 4.69) is 76.4 Å². The summed E-state index contributed by atoms with van der Waals surface area (Å²) in [7, 11) is 1.71. The van der Waals surface area contributed by atoms with Gasteiger partial charge in [-0.15, -0.1) is 5.53 Å². The first-order valence-corrected chi connectivity index (χ1v) is 11.6. The Balaban J connectivity index is 1.54. The van der Waals surface area contributed by atoms with Crippen molar-refractivity contribution < 1.29 is 4.74 Å². The molecule has 0 radical (unpaired) electrons. The maximum Gasteiger partial charge on any atom is 0.120 e. The van der Waals surface area contributed by atoms with Crippen LogP contribution in [-0.2, 0) is 0 Å². The second-order valence-corrected chi connectivity index (χ2v) is 8.75. The topological polar surface area (TPSA) is 51.8 Å². The summed E-state index contributed by atoms with van der Waals surface area (Å²) in [5.74, 6) is 0.871. The monoisotopic (exact) mass is 431 g/mol. The van der Waals surface area contributed by atoms with Crippen LogP contribution in [0.3, 0.4) is 0 Å². The summed E-state index contributed by atoms with van der Waals surface area (Å²) in [4.78, 5) is 2.49. The molecule has 0 bridgehead atoms. The standard InChI is InChI=1S/C26H33N5O/c1-4-30-13-10-19(11-14-30)20-8-9-23-24(16-20)25(12-15-31-26(23)18(2)28-29-31)27-21-6-5-7-22(17-21)32-3/h5-10,16-17,25,27-29H,4,11-15H2,1-3H3. The van der Waals surface area contributed by atoms with Crippen LogP contribution in [0.1, 0.15) is 49.4 Å². The first-order valence-electron chi connectivity index (χ1n) is 11.6. The lowest BCUT2D eigenvalue weighted by Crippen LogP contribution is -2.37. The van der Waals surface area contributed by atoms with Crippen LogP contribution in [0.2, 0.25) is 0 Å². The number of hydrogen-bond donors (Lipinski definition) is 3. The molecule has 6 nitrogen and oxygen atoms in total. The molecule has 1 unspecified atom stereocenters. The zero-order valence-electron chi connectivity index (χ0n) is 19.2. The van der Waals surface area contributed by atoms with Gasteiger partial charge in [0.2, 0.25) is 0 Å². The largest absolute Gasteiger partial charge is 0.497 e. The summed E-state index contributed by atoms with van der Waals surface area (Å²) < 4.78 is 5.44. The molecule has 0 fully saturated rings. The van der Waals surface area contributed by atoms with E-state index in [0.717, 1.165) is 56.2 Å². The number of rotatable bonds is 5. The molecule has 0 amide bonds. The van der Waals surface area contributed by atoms with Crippen LogP contribution in [0.25, 0.3) is 11.3 Å². The van der Waals surface area contributed by atoms with Crippen LogP contribution in [0.4, 0.5) is 5.69 Å². The molecule has 32 heavy (non-hydrogen) atoms. The Morgan fingerprint density at radius 3 is 2.84 bits per heavy atom. The van der Waals surface area contributed by atoms with Crippen molar-refractivity contribution in [2.45, 2.75) is 32.7 Å². The maximum atomic E-state index is 5.44. The van der Waals surface area contributed by atoms with Crippen molar-refractivity contribution in [3.05, 3.63) is 70.9 Å². The van der Waals surface area contributed by atoms with Gasteiger partial charge in [-0.05, 0) is 61.2 Å². The van der Waals surface area contributed by atoms with Crippen molar-refractivity contribution in [1.29, 1.82) is 0 Å². The Morgan fingerprint density at radius 1 is 1.16 bits per heavy atom. The van der Waals surface area contributed by atoms with Gasteiger partial charge in [0.15, 0.2) is 0 Å². The number of allylic oxidation sites excluding steroid dienone is 1. The van der Waals surface area contributed by atoms with Crippen molar-refractivity contribution in [2.75, 3.05) is 38.6 Å². The quantitative estimate of drug-likeness (QED) is 0.654. The van der Waals surface area contributed by atoms with Crippen molar-refractivity contribution in [3.8, 4) is 5.75 Å². The molecule has 0 aliphatic carbocycles. The highest BCUT2D eigenvalue weighted by Crippen LogP contribution is 2.39. The molecule has 0 aromatic heterocycles. The number of nitrogens with one attached hydrogen (secondary N) is 3. The fourth-order valence-electron chi connectivity index (χ4n) is 4.99. The lowest BCUT2D eigenvalue weighted by Gasteiger charge is -2.26. The van der Waals surface area contributed by atoms with Crippen molar-refractivity contribution in [2.24, 2.45) is 0 Å². The molecular weight excluding hydrogens is 398 g/mol. The SMILES string of the molecule is CCN1CC=C(c2ccc3c(c2)C(Nc2cccc(OC)c2)CCN2NNC(C)=C32)CC1. The van der Waals surface area contributed by atoms with E-state index in [4.69, 9.17) is 4.74 Å². The van der Waals surface area contributed by atoms with Gasteiger partial charge in [-0.25, -0.2) is 0 Å². The van der Waals surface area contributed by atoms with Gasteiger partial charge in [0, 0.05) is 37.0 Å². The van der Waals surface area contributed by atoms with Gasteiger partial charge in [0.1, 0.15) is 5.75 Å². The van der Waals surface area contributed by atoms with Crippen molar-refractivity contribution in [3.63, 3.8) is 0 Å². The molecular formula is C26H33N5O. The van der Waals surface area contributed by atoms with Crippen LogP contribution in [0, 0.1) is 0 Å². The third-order valence-electron chi connectivity index (χ3n) is 6.85. The normalized spacial score (nSPS) is 20.8. The van der Waals surface area contributed by atoms with Crippen molar-refractivity contribution in [1.82, 2.24) is 20.9 Å². The molecule has 3 N–H and O–H groups in total. The Hall–Kier alpha value is -2.96. The molecule has 5 rings (SSSR count). The molecule has 6 heteroatoms. The predicted octanol–water partition coefficient (Wildman–Crippen LogP) is 4.37. The van der Waals surface area contributed by atoms with Crippen LogP contribution in [-0.4, -0.2) is 43.2 Å². The molecule has 2 aromatic rings. The Labute approximate surface area is 190 Å². The van der Waals surface area contributed by atoms with Gasteiger partial charge in [-0.3, -0.25) is 9.91 Å². The van der Waals surface area contributed by atoms with E-state index < -0.39 is 0 Å². The number of anilines is 1. The van der Waals surface area contributed by atoms with E-state index in [0.29, 0.717) is 0 Å². The van der Waals surface area contributed by atoms with Gasteiger partial charge in [0.25, 0.3) is 0 Å². The van der Waals surface area contributed by atoms with Crippen molar-refractivity contribution >= 4 is 17.0 Å². The van der Waals surface area contributed by atoms with Crippen LogP contribution >= 0.6 is 0 Å². The van der Waals surface area contributed by atoms with E-state index in [1.54, 1.807) is 7.11 Å². The van der Waals surface area contributed by atoms with Gasteiger partial charge in [0.05, 0.1) is 24.5 Å². The lowest BCUT2D eigenvalue weighted by molar-refractivity contribution is 0.281. The summed E-state index contributed by atoms with van der Waals surface area (Å²) in [6.07, 6.45) is 4.50. The summed E-state index contributed by atoms with van der Waals surface area (Å²) >= 11 is 0. The molecule has 3 aliphatic rings. The number of methoxy groups -OCH3 is 1. The number of nitrogens with zero attached hydrogens (tertiary/aromatic N) is 2. The average molecular weight is 432 g/mol. The first-order chi connectivity index (χ1) is 15.7. The van der Waals surface area contributed by atoms with Gasteiger partial charge in [-0.2, -0.15) is 0 Å². The fraction of sp³-hybridized carbons (Fsp3) is 0.385. The number of fused-ring (bicyclic) bond motifs is 3. The van der Waals surface area contributed by atoms with E-state index in [-0.39, 0.29) is 6.04 Å². The molecule has 0 saturated carbocycles. The minimum absolute atomic E-state index is 0.209. The summed E-state index contributed by atoms with van der Waals surface area (Å²) in [6.45, 7) is 8.58. The van der Waals surface area contributed by atoms with Crippen LogP contribution in [0.15, 0.2) is 54.2 Å². The third-order valence-corrected chi connectivity index (χ3v) is 6.85. The second kappa shape index (κ2) is 8.88. The molecule has 168 valence electrons. The Morgan fingerprint density at radius 2 is 2.06 bits per heavy atom. The van der Waals surface area contributed by atoms with Crippen LogP contribution in [0.5, 0.6) is 5.75 Å². The van der Waals surface area contributed by atoms with Gasteiger partial charge < -0.3 is 15.5 Å². The van der Waals surface area contributed by atoms with Gasteiger partial charge in [-0.1, -0.05) is 31.2 Å². The maximum absolute atomic E-state index is 5.44. The van der Waals surface area contributed by atoms with E-state index in [1.165, 1.54) is 28.0 Å². The Kier molecular flexibility index (Phi) is 5.81. The smallest absolute Gasteiger partial charge is 0.120 e. The second-order valence-electron chi connectivity index (χ2n) is 8.75. The predicted molar refractivity (Wildman–Crippen MR) is 131 cm³/mol. The van der Waals surface area contributed by atoms with Crippen LogP contribution < -0.4 is 21.0 Å². The highest BCUT2D eigenvalue weighted by atomic mass is 16.5. The van der Waals surface area contributed by atoms with E-state index in [9.17, 15) is 0 Å². The Bertz CT molecular complexity index is 1060. The minimum Gasteiger partial charge on any atom is -0.497 e. The number of hydrogen-bond acceptors (Lipinski definition) is 6. The lowest BCUT2D eigenvalue weighted by atomic mass is 9.90. The molecule has 3 aliphatic heterocycles. The molecule has 0 spiro atoms. The fourth-order valence-corrected chi connectivity index (χ4v) is 4.99. The highest BCUT2D eigenvalue weighted by Gasteiger charge is 2.30. The zero-order chi connectivity index (χ0) is 22.1. The summed E-state index contributed by atoms with van der Waals surface area (Å²) in [5, 5.41) is 6.03. The third kappa shape index (κ3) is 3.96. The van der Waals surface area contributed by atoms with E-state index in [1.807, 2.05) is 12.1 Å². The number of hydrazine groups is 2. The summed E-state index contributed by atoms with van der Waals surface area (Å²) in [6, 6.07) is 15.5. The first kappa shape index (κ1) is 20.9. The zero-order valence-corrected chi connectivity index (χ0v) is 19.2. The van der Waals surface area contributed by atoms with E-state index >= 15 is 0 Å². The molecule has 2 aromatic carbocycles. The molecule has 0 saturated heterocycles. The minimum atomic E-state index is 0.209. The molecule has 1 atom stereocenters. The number of benzene rings is 2. The summed E-state index contributed by atoms with van der Waals surface area (Å²) in [5.41, 5.74) is 15.6. The highest BCUT2D eigenvalue weighted by molar-refractivity contribution is 5.76. The number of ether oxygens (including phenoxy) is 1. The molecule has 3 heterocycles. The average Bonchev–Trinajstić information content (AvgIpc) is 3.13.